The normalized spacial score (nSPS) is 20.6. The molecule has 3 rings (SSSR count). The lowest BCUT2D eigenvalue weighted by molar-refractivity contribution is -0.140. The second kappa shape index (κ2) is 8.70. The van der Waals surface area contributed by atoms with Crippen LogP contribution < -0.4 is 5.32 Å². The smallest absolute Gasteiger partial charge is 0.239 e. The van der Waals surface area contributed by atoms with Crippen LogP contribution in [0.4, 0.5) is 0 Å². The first-order valence-corrected chi connectivity index (χ1v) is 8.55. The molecule has 2 aliphatic heterocycles. The predicted molar refractivity (Wildman–Crippen MR) is 96.6 cm³/mol. The number of nitrogens with one attached hydrogen (secondary N) is 1. The largest absolute Gasteiger partial charge is 0.339 e. The third kappa shape index (κ3) is 4.62. The van der Waals surface area contributed by atoms with Gasteiger partial charge in [-0.1, -0.05) is 23.7 Å². The maximum atomic E-state index is 12.4. The summed E-state index contributed by atoms with van der Waals surface area (Å²) < 4.78 is 0. The Balaban J connectivity index is 0.00000208. The van der Waals surface area contributed by atoms with E-state index < -0.39 is 0 Å². The molecule has 7 heteroatoms. The molecule has 0 radical (unpaired) electrons. The maximum Gasteiger partial charge on any atom is 0.239 e. The first-order chi connectivity index (χ1) is 11.1. The third-order valence-corrected chi connectivity index (χ3v) is 4.82. The summed E-state index contributed by atoms with van der Waals surface area (Å²) in [5.74, 6) is 0.297. The Morgan fingerprint density at radius 1 is 1.08 bits per heavy atom. The molecule has 1 aromatic carbocycles. The SMILES string of the molecule is Cl.O=C(Cc1ccc(Cl)cc1)N1CCN(C(=O)C2CCCN2)CC1. The number of hydrogen-bond acceptors (Lipinski definition) is 3. The fraction of sp³-hybridized carbons (Fsp3) is 0.529. The molecule has 2 aliphatic rings. The van der Waals surface area contributed by atoms with Crippen molar-refractivity contribution in [3.05, 3.63) is 34.9 Å². The van der Waals surface area contributed by atoms with Gasteiger partial charge in [0, 0.05) is 31.2 Å². The molecule has 2 saturated heterocycles. The molecule has 2 heterocycles. The van der Waals surface area contributed by atoms with Gasteiger partial charge in [0.05, 0.1) is 12.5 Å². The number of benzene rings is 1. The van der Waals surface area contributed by atoms with Crippen LogP contribution in [0, 0.1) is 0 Å². The van der Waals surface area contributed by atoms with E-state index in [0.717, 1.165) is 24.9 Å². The molecule has 0 saturated carbocycles. The Labute approximate surface area is 153 Å². The highest BCUT2D eigenvalue weighted by Crippen LogP contribution is 2.13. The van der Waals surface area contributed by atoms with Gasteiger partial charge in [-0.05, 0) is 37.1 Å². The second-order valence-electron chi connectivity index (χ2n) is 6.16. The van der Waals surface area contributed by atoms with Crippen molar-refractivity contribution in [2.24, 2.45) is 0 Å². The van der Waals surface area contributed by atoms with Crippen molar-refractivity contribution in [3.8, 4) is 0 Å². The van der Waals surface area contributed by atoms with Crippen molar-refractivity contribution in [3.63, 3.8) is 0 Å². The lowest BCUT2D eigenvalue weighted by Crippen LogP contribution is -2.54. The van der Waals surface area contributed by atoms with Crippen molar-refractivity contribution in [1.82, 2.24) is 15.1 Å². The Morgan fingerprint density at radius 3 is 2.29 bits per heavy atom. The van der Waals surface area contributed by atoms with Crippen LogP contribution >= 0.6 is 24.0 Å². The molecule has 5 nitrogen and oxygen atoms in total. The maximum absolute atomic E-state index is 12.4. The first kappa shape index (κ1) is 19.0. The highest BCUT2D eigenvalue weighted by molar-refractivity contribution is 6.30. The van der Waals surface area contributed by atoms with Crippen molar-refractivity contribution in [2.45, 2.75) is 25.3 Å². The lowest BCUT2D eigenvalue weighted by Gasteiger charge is -2.36. The van der Waals surface area contributed by atoms with E-state index in [4.69, 9.17) is 11.6 Å². The van der Waals surface area contributed by atoms with Crippen LogP contribution in [0.1, 0.15) is 18.4 Å². The molecular formula is C17H23Cl2N3O2. The van der Waals surface area contributed by atoms with Gasteiger partial charge in [0.15, 0.2) is 0 Å². The average Bonchev–Trinajstić information content (AvgIpc) is 3.11. The summed E-state index contributed by atoms with van der Waals surface area (Å²) in [5.41, 5.74) is 0.966. The molecule has 0 aromatic heterocycles. The van der Waals surface area contributed by atoms with Gasteiger partial charge in [0.1, 0.15) is 0 Å². The van der Waals surface area contributed by atoms with Gasteiger partial charge in [-0.15, -0.1) is 12.4 Å². The van der Waals surface area contributed by atoms with E-state index in [1.807, 2.05) is 21.9 Å². The minimum atomic E-state index is -0.0219. The zero-order valence-electron chi connectivity index (χ0n) is 13.5. The van der Waals surface area contributed by atoms with Crippen LogP contribution in [-0.4, -0.2) is 60.4 Å². The van der Waals surface area contributed by atoms with Crippen LogP contribution in [-0.2, 0) is 16.0 Å². The van der Waals surface area contributed by atoms with Crippen LogP contribution in [0.25, 0.3) is 0 Å². The zero-order chi connectivity index (χ0) is 16.2. The van der Waals surface area contributed by atoms with Crippen LogP contribution in [0.3, 0.4) is 0 Å². The monoisotopic (exact) mass is 371 g/mol. The van der Waals surface area contributed by atoms with Crippen molar-refractivity contribution in [2.75, 3.05) is 32.7 Å². The van der Waals surface area contributed by atoms with Crippen LogP contribution in [0.2, 0.25) is 5.02 Å². The minimum absolute atomic E-state index is 0. The van der Waals surface area contributed by atoms with E-state index in [1.165, 1.54) is 0 Å². The van der Waals surface area contributed by atoms with Crippen molar-refractivity contribution in [1.29, 1.82) is 0 Å². The highest BCUT2D eigenvalue weighted by Gasteiger charge is 2.30. The van der Waals surface area contributed by atoms with Gasteiger partial charge in [0.25, 0.3) is 0 Å². The summed E-state index contributed by atoms with van der Waals surface area (Å²) >= 11 is 5.86. The Hall–Kier alpha value is -1.30. The fourth-order valence-electron chi connectivity index (χ4n) is 3.18. The summed E-state index contributed by atoms with van der Waals surface area (Å²) in [5, 5.41) is 3.92. The summed E-state index contributed by atoms with van der Waals surface area (Å²) in [4.78, 5) is 28.4. The molecule has 24 heavy (non-hydrogen) atoms. The molecule has 1 N–H and O–H groups in total. The first-order valence-electron chi connectivity index (χ1n) is 8.18. The second-order valence-corrected chi connectivity index (χ2v) is 6.59. The predicted octanol–water partition coefficient (Wildman–Crippen LogP) is 1.73. The van der Waals surface area contributed by atoms with E-state index in [1.54, 1.807) is 12.1 Å². The summed E-state index contributed by atoms with van der Waals surface area (Å²) in [6.07, 6.45) is 2.37. The molecule has 1 unspecified atom stereocenters. The van der Waals surface area contributed by atoms with Crippen LogP contribution in [0.15, 0.2) is 24.3 Å². The van der Waals surface area contributed by atoms with Crippen LogP contribution in [0.5, 0.6) is 0 Å². The van der Waals surface area contributed by atoms with E-state index in [0.29, 0.717) is 37.6 Å². The number of piperazine rings is 1. The number of nitrogens with zero attached hydrogens (tertiary/aromatic N) is 2. The van der Waals surface area contributed by atoms with E-state index in [2.05, 4.69) is 5.32 Å². The number of carbonyl (C=O) groups excluding carboxylic acids is 2. The van der Waals surface area contributed by atoms with E-state index >= 15 is 0 Å². The molecular weight excluding hydrogens is 349 g/mol. The zero-order valence-corrected chi connectivity index (χ0v) is 15.1. The molecule has 1 aromatic rings. The topological polar surface area (TPSA) is 52.7 Å². The molecule has 132 valence electrons. The van der Waals surface area contributed by atoms with Gasteiger partial charge in [0.2, 0.25) is 11.8 Å². The van der Waals surface area contributed by atoms with Gasteiger partial charge in [-0.2, -0.15) is 0 Å². The highest BCUT2D eigenvalue weighted by atomic mass is 35.5. The van der Waals surface area contributed by atoms with Crippen molar-refractivity contribution < 1.29 is 9.59 Å². The van der Waals surface area contributed by atoms with Gasteiger partial charge in [-0.3, -0.25) is 9.59 Å². The molecule has 2 amide bonds. The number of rotatable bonds is 3. The van der Waals surface area contributed by atoms with Gasteiger partial charge >= 0.3 is 0 Å². The molecule has 0 aliphatic carbocycles. The average molecular weight is 372 g/mol. The van der Waals surface area contributed by atoms with E-state index in [-0.39, 0.29) is 30.3 Å². The lowest BCUT2D eigenvalue weighted by atomic mass is 10.1. The van der Waals surface area contributed by atoms with E-state index in [9.17, 15) is 9.59 Å². The summed E-state index contributed by atoms with van der Waals surface area (Å²) in [7, 11) is 0. The third-order valence-electron chi connectivity index (χ3n) is 4.57. The number of amides is 2. The Morgan fingerprint density at radius 2 is 1.71 bits per heavy atom. The number of carbonyl (C=O) groups is 2. The summed E-state index contributed by atoms with van der Waals surface area (Å²) in [6.45, 7) is 3.42. The molecule has 1 atom stereocenters. The Kier molecular flexibility index (Phi) is 6.90. The van der Waals surface area contributed by atoms with Gasteiger partial charge < -0.3 is 15.1 Å². The quantitative estimate of drug-likeness (QED) is 0.879. The standard InChI is InChI=1S/C17H22ClN3O2.ClH/c18-14-5-3-13(4-6-14)12-16(22)20-8-10-21(11-9-20)17(23)15-2-1-7-19-15;/h3-6,15,19H,1-2,7-12H2;1H. The minimum Gasteiger partial charge on any atom is -0.339 e. The summed E-state index contributed by atoms with van der Waals surface area (Å²) in [6, 6.07) is 7.34. The number of halogens is 2. The Bertz CT molecular complexity index is 566. The number of hydrogen-bond donors (Lipinski definition) is 1. The molecule has 0 bridgehead atoms. The van der Waals surface area contributed by atoms with Gasteiger partial charge in [-0.25, -0.2) is 0 Å². The molecule has 2 fully saturated rings. The van der Waals surface area contributed by atoms with Crippen molar-refractivity contribution >= 4 is 35.8 Å². The fourth-order valence-corrected chi connectivity index (χ4v) is 3.31. The molecule has 0 spiro atoms.